The van der Waals surface area contributed by atoms with Crippen molar-refractivity contribution < 1.29 is 4.74 Å². The summed E-state index contributed by atoms with van der Waals surface area (Å²) < 4.78 is 5.57. The van der Waals surface area contributed by atoms with Crippen molar-refractivity contribution in [3.05, 3.63) is 35.5 Å². The van der Waals surface area contributed by atoms with E-state index in [1.807, 2.05) is 24.3 Å². The van der Waals surface area contributed by atoms with E-state index in [-0.39, 0.29) is 5.69 Å². The topological polar surface area (TPSA) is 84.8 Å². The molecule has 0 saturated heterocycles. The van der Waals surface area contributed by atoms with Crippen LogP contribution < -0.4 is 10.5 Å². The summed E-state index contributed by atoms with van der Waals surface area (Å²) in [6, 6.07) is 9.26. The summed E-state index contributed by atoms with van der Waals surface area (Å²) >= 11 is 0. The number of benzene rings is 1. The molecule has 0 atom stereocenters. The van der Waals surface area contributed by atoms with Crippen LogP contribution in [0.1, 0.15) is 17.7 Å². The lowest BCUT2D eigenvalue weighted by molar-refractivity contribution is 0.288. The van der Waals surface area contributed by atoms with Crippen LogP contribution in [0.3, 0.4) is 0 Å². The number of hydrogen-bond acceptors (Lipinski definition) is 5. The van der Waals surface area contributed by atoms with E-state index in [1.54, 1.807) is 0 Å². The second-order valence-corrected chi connectivity index (χ2v) is 4.39. The predicted molar refractivity (Wildman–Crippen MR) is 70.4 cm³/mol. The fourth-order valence-electron chi connectivity index (χ4n) is 2.15. The van der Waals surface area contributed by atoms with Crippen molar-refractivity contribution in [1.82, 2.24) is 9.97 Å². The van der Waals surface area contributed by atoms with E-state index in [0.717, 1.165) is 36.3 Å². The molecule has 0 amide bonds. The average molecular weight is 252 g/mol. The first-order valence-electron chi connectivity index (χ1n) is 6.07. The van der Waals surface area contributed by atoms with Crippen molar-refractivity contribution in [1.29, 1.82) is 5.26 Å². The second kappa shape index (κ2) is 4.58. The monoisotopic (exact) mass is 252 g/mol. The molecule has 5 heteroatoms. The molecule has 3 rings (SSSR count). The van der Waals surface area contributed by atoms with Crippen LogP contribution in [-0.2, 0) is 6.42 Å². The zero-order chi connectivity index (χ0) is 13.2. The van der Waals surface area contributed by atoms with Gasteiger partial charge in [-0.05, 0) is 36.6 Å². The van der Waals surface area contributed by atoms with E-state index < -0.39 is 0 Å². The van der Waals surface area contributed by atoms with E-state index in [4.69, 9.17) is 15.7 Å². The molecule has 0 unspecified atom stereocenters. The maximum atomic E-state index is 8.91. The van der Waals surface area contributed by atoms with Gasteiger partial charge in [-0.15, -0.1) is 0 Å². The van der Waals surface area contributed by atoms with E-state index in [0.29, 0.717) is 11.6 Å². The number of ether oxygens (including phenoxy) is 1. The molecule has 0 bridgehead atoms. The van der Waals surface area contributed by atoms with Gasteiger partial charge in [-0.3, -0.25) is 0 Å². The molecular formula is C14H12N4O. The van der Waals surface area contributed by atoms with Crippen molar-refractivity contribution in [3.8, 4) is 23.2 Å². The Morgan fingerprint density at radius 1 is 1.26 bits per heavy atom. The van der Waals surface area contributed by atoms with Crippen LogP contribution in [0.2, 0.25) is 0 Å². The van der Waals surface area contributed by atoms with Crippen LogP contribution in [0.5, 0.6) is 5.75 Å². The number of rotatable bonds is 1. The van der Waals surface area contributed by atoms with Crippen LogP contribution in [0.25, 0.3) is 11.4 Å². The Morgan fingerprint density at radius 3 is 3.00 bits per heavy atom. The molecule has 0 saturated carbocycles. The van der Waals surface area contributed by atoms with Gasteiger partial charge in [0, 0.05) is 11.6 Å². The van der Waals surface area contributed by atoms with Crippen molar-refractivity contribution in [2.24, 2.45) is 0 Å². The highest BCUT2D eigenvalue weighted by Crippen LogP contribution is 2.29. The lowest BCUT2D eigenvalue weighted by Gasteiger charge is -2.17. The smallest absolute Gasteiger partial charge is 0.162 e. The number of nitriles is 1. The zero-order valence-corrected chi connectivity index (χ0v) is 10.3. The summed E-state index contributed by atoms with van der Waals surface area (Å²) in [7, 11) is 0. The predicted octanol–water partition coefficient (Wildman–Crippen LogP) is 1.92. The Kier molecular flexibility index (Phi) is 2.76. The van der Waals surface area contributed by atoms with Gasteiger partial charge >= 0.3 is 0 Å². The third kappa shape index (κ3) is 2.20. The third-order valence-corrected chi connectivity index (χ3v) is 3.03. The van der Waals surface area contributed by atoms with E-state index >= 15 is 0 Å². The lowest BCUT2D eigenvalue weighted by atomic mass is 10.0. The van der Waals surface area contributed by atoms with E-state index in [9.17, 15) is 0 Å². The Bertz CT molecular complexity index is 676. The van der Waals surface area contributed by atoms with Crippen molar-refractivity contribution in [2.75, 3.05) is 12.3 Å². The largest absolute Gasteiger partial charge is 0.493 e. The molecule has 2 aromatic rings. The highest BCUT2D eigenvalue weighted by atomic mass is 16.5. The van der Waals surface area contributed by atoms with Crippen molar-refractivity contribution >= 4 is 5.82 Å². The minimum absolute atomic E-state index is 0.275. The van der Waals surface area contributed by atoms with E-state index in [2.05, 4.69) is 9.97 Å². The zero-order valence-electron chi connectivity index (χ0n) is 10.3. The number of hydrogen-bond donors (Lipinski definition) is 1. The van der Waals surface area contributed by atoms with Gasteiger partial charge in [0.2, 0.25) is 0 Å². The number of nitrogens with zero attached hydrogens (tertiary/aromatic N) is 3. The first-order valence-corrected chi connectivity index (χ1v) is 6.07. The SMILES string of the molecule is N#Cc1cc(N)nc(-c2ccc3c(c2)CCCO3)n1. The van der Waals surface area contributed by atoms with Crippen molar-refractivity contribution in [2.45, 2.75) is 12.8 Å². The van der Waals surface area contributed by atoms with Gasteiger partial charge in [0.05, 0.1) is 6.61 Å². The molecule has 2 heterocycles. The summed E-state index contributed by atoms with van der Waals surface area (Å²) in [5.74, 6) is 1.69. The Morgan fingerprint density at radius 2 is 2.16 bits per heavy atom. The maximum Gasteiger partial charge on any atom is 0.162 e. The van der Waals surface area contributed by atoms with Gasteiger partial charge in [-0.1, -0.05) is 0 Å². The number of fused-ring (bicyclic) bond motifs is 1. The van der Waals surface area contributed by atoms with Crippen LogP contribution in [0, 0.1) is 11.3 Å². The first-order chi connectivity index (χ1) is 9.26. The number of nitrogens with two attached hydrogens (primary N) is 1. The molecule has 0 fully saturated rings. The number of anilines is 1. The highest BCUT2D eigenvalue weighted by molar-refractivity contribution is 5.61. The summed E-state index contributed by atoms with van der Waals surface area (Å²) in [6.45, 7) is 0.764. The molecule has 0 radical (unpaired) electrons. The van der Waals surface area contributed by atoms with Gasteiger partial charge in [0.25, 0.3) is 0 Å². The molecule has 0 spiro atoms. The fourth-order valence-corrected chi connectivity index (χ4v) is 2.15. The molecule has 1 aliphatic heterocycles. The van der Waals surface area contributed by atoms with Crippen LogP contribution in [0.4, 0.5) is 5.82 Å². The molecule has 1 aromatic heterocycles. The Balaban J connectivity index is 2.07. The molecule has 2 N–H and O–H groups in total. The molecule has 94 valence electrons. The highest BCUT2D eigenvalue weighted by Gasteiger charge is 2.13. The van der Waals surface area contributed by atoms with Gasteiger partial charge in [-0.2, -0.15) is 5.26 Å². The molecule has 19 heavy (non-hydrogen) atoms. The van der Waals surface area contributed by atoms with E-state index in [1.165, 1.54) is 6.07 Å². The maximum absolute atomic E-state index is 8.91. The number of nitrogen functional groups attached to an aromatic ring is 1. The standard InChI is InChI=1S/C14H12N4O/c15-8-11-7-13(16)18-14(17-11)10-3-4-12-9(6-10)2-1-5-19-12/h3-4,6-7H,1-2,5H2,(H2,16,17,18). The third-order valence-electron chi connectivity index (χ3n) is 3.03. The Hall–Kier alpha value is -2.61. The van der Waals surface area contributed by atoms with Crippen LogP contribution >= 0.6 is 0 Å². The summed E-state index contributed by atoms with van der Waals surface area (Å²) in [4.78, 5) is 8.35. The Labute approximate surface area is 110 Å². The van der Waals surface area contributed by atoms with Gasteiger partial charge < -0.3 is 10.5 Å². The molecule has 1 aromatic carbocycles. The van der Waals surface area contributed by atoms with Crippen molar-refractivity contribution in [3.63, 3.8) is 0 Å². The molecule has 1 aliphatic rings. The van der Waals surface area contributed by atoms with Crippen LogP contribution in [-0.4, -0.2) is 16.6 Å². The first kappa shape index (κ1) is 11.5. The molecular weight excluding hydrogens is 240 g/mol. The minimum atomic E-state index is 0.275. The normalized spacial score (nSPS) is 13.2. The summed E-state index contributed by atoms with van der Waals surface area (Å²) in [5.41, 5.74) is 7.96. The quantitative estimate of drug-likeness (QED) is 0.838. The minimum Gasteiger partial charge on any atom is -0.493 e. The molecule has 0 aliphatic carbocycles. The van der Waals surface area contributed by atoms with Gasteiger partial charge in [0.1, 0.15) is 23.3 Å². The molecule has 5 nitrogen and oxygen atoms in total. The lowest BCUT2D eigenvalue weighted by Crippen LogP contribution is -2.08. The van der Waals surface area contributed by atoms with Crippen LogP contribution in [0.15, 0.2) is 24.3 Å². The second-order valence-electron chi connectivity index (χ2n) is 4.39. The fraction of sp³-hybridized carbons (Fsp3) is 0.214. The van der Waals surface area contributed by atoms with Gasteiger partial charge in [-0.25, -0.2) is 9.97 Å². The summed E-state index contributed by atoms with van der Waals surface area (Å²) in [6.07, 6.45) is 1.99. The number of aromatic nitrogens is 2. The number of aryl methyl sites for hydroxylation is 1. The van der Waals surface area contributed by atoms with Gasteiger partial charge in [0.15, 0.2) is 5.82 Å². The summed E-state index contributed by atoms with van der Waals surface area (Å²) in [5, 5.41) is 8.91. The average Bonchev–Trinajstić information content (AvgIpc) is 2.46.